The third kappa shape index (κ3) is 5.00. The number of carbonyl (C=O) groups is 3. The van der Waals surface area contributed by atoms with Crippen molar-refractivity contribution in [2.24, 2.45) is 0 Å². The summed E-state index contributed by atoms with van der Waals surface area (Å²) in [5, 5.41) is 5.23. The number of hydrogen-bond acceptors (Lipinski definition) is 5. The lowest BCUT2D eigenvalue weighted by Gasteiger charge is -2.36. The fraction of sp³-hybridized carbons (Fsp3) is 0.450. The van der Waals surface area contributed by atoms with Gasteiger partial charge < -0.3 is 25.2 Å². The fourth-order valence-electron chi connectivity index (χ4n) is 3.56. The number of amides is 4. The SMILES string of the molecule is C=CCNC(=O)N1CCN(C2=C(F)C=CC(N3CC(CNC=O)OC3=O)C=C2)CC1. The smallest absolute Gasteiger partial charge is 0.411 e. The molecule has 3 rings (SSSR count). The highest BCUT2D eigenvalue weighted by atomic mass is 19.1. The minimum atomic E-state index is -0.505. The zero-order valence-corrected chi connectivity index (χ0v) is 16.6. The van der Waals surface area contributed by atoms with Crippen LogP contribution in [0.2, 0.25) is 0 Å². The van der Waals surface area contributed by atoms with Gasteiger partial charge in [-0.1, -0.05) is 18.2 Å². The van der Waals surface area contributed by atoms with Crippen LogP contribution in [-0.2, 0) is 9.53 Å². The number of allylic oxidation sites excluding steroid dienone is 3. The summed E-state index contributed by atoms with van der Waals surface area (Å²) >= 11 is 0. The van der Waals surface area contributed by atoms with Crippen LogP contribution in [0.25, 0.3) is 0 Å². The van der Waals surface area contributed by atoms with Gasteiger partial charge in [0.25, 0.3) is 0 Å². The highest BCUT2D eigenvalue weighted by Crippen LogP contribution is 2.24. The van der Waals surface area contributed by atoms with Crippen molar-refractivity contribution in [3.63, 3.8) is 0 Å². The number of carbonyl (C=O) groups excluding carboxylic acids is 3. The van der Waals surface area contributed by atoms with Crippen LogP contribution in [0.4, 0.5) is 14.0 Å². The molecular formula is C20H26FN5O4. The van der Waals surface area contributed by atoms with E-state index in [4.69, 9.17) is 4.74 Å². The number of piperazine rings is 1. The van der Waals surface area contributed by atoms with Crippen LogP contribution >= 0.6 is 0 Å². The highest BCUT2D eigenvalue weighted by molar-refractivity contribution is 5.74. The van der Waals surface area contributed by atoms with E-state index < -0.39 is 24.1 Å². The van der Waals surface area contributed by atoms with Crippen LogP contribution in [-0.4, -0.2) is 91.2 Å². The molecule has 0 aromatic carbocycles. The molecule has 2 heterocycles. The second kappa shape index (κ2) is 9.95. The molecule has 30 heavy (non-hydrogen) atoms. The molecule has 0 spiro atoms. The minimum Gasteiger partial charge on any atom is -0.442 e. The molecule has 2 unspecified atom stereocenters. The number of halogens is 1. The van der Waals surface area contributed by atoms with E-state index in [1.165, 1.54) is 11.0 Å². The van der Waals surface area contributed by atoms with Gasteiger partial charge in [-0.25, -0.2) is 14.0 Å². The van der Waals surface area contributed by atoms with E-state index in [-0.39, 0.29) is 12.6 Å². The van der Waals surface area contributed by atoms with Gasteiger partial charge >= 0.3 is 12.1 Å². The van der Waals surface area contributed by atoms with Crippen molar-refractivity contribution in [3.05, 3.63) is 48.5 Å². The summed E-state index contributed by atoms with van der Waals surface area (Å²) in [6.07, 6.45) is 7.60. The molecule has 10 heteroatoms. The second-order valence-corrected chi connectivity index (χ2v) is 7.08. The van der Waals surface area contributed by atoms with Gasteiger partial charge in [-0.2, -0.15) is 0 Å². The Labute approximate surface area is 174 Å². The number of hydrogen-bond donors (Lipinski definition) is 2. The number of nitrogens with zero attached hydrogens (tertiary/aromatic N) is 3. The Morgan fingerprint density at radius 2 is 2.00 bits per heavy atom. The van der Waals surface area contributed by atoms with Crippen molar-refractivity contribution in [1.82, 2.24) is 25.3 Å². The molecular weight excluding hydrogens is 393 g/mol. The van der Waals surface area contributed by atoms with Crippen molar-refractivity contribution in [3.8, 4) is 0 Å². The molecule has 2 atom stereocenters. The van der Waals surface area contributed by atoms with E-state index in [1.54, 1.807) is 29.2 Å². The molecule has 2 saturated heterocycles. The van der Waals surface area contributed by atoms with Crippen molar-refractivity contribution in [2.75, 3.05) is 45.8 Å². The molecule has 2 fully saturated rings. The first-order valence-electron chi connectivity index (χ1n) is 9.82. The molecule has 9 nitrogen and oxygen atoms in total. The number of cyclic esters (lactones) is 1. The molecule has 1 aliphatic carbocycles. The first-order valence-corrected chi connectivity index (χ1v) is 9.82. The van der Waals surface area contributed by atoms with Crippen LogP contribution in [0.3, 0.4) is 0 Å². The van der Waals surface area contributed by atoms with Crippen molar-refractivity contribution in [1.29, 1.82) is 0 Å². The van der Waals surface area contributed by atoms with Gasteiger partial charge in [-0.05, 0) is 12.2 Å². The van der Waals surface area contributed by atoms with E-state index in [9.17, 15) is 18.8 Å². The number of ether oxygens (including phenoxy) is 1. The maximum atomic E-state index is 14.7. The molecule has 0 saturated carbocycles. The lowest BCUT2D eigenvalue weighted by atomic mass is 10.2. The molecule has 0 aromatic rings. The largest absolute Gasteiger partial charge is 0.442 e. The van der Waals surface area contributed by atoms with Gasteiger partial charge in [0.05, 0.1) is 24.8 Å². The molecule has 0 bridgehead atoms. The number of urea groups is 1. The summed E-state index contributed by atoms with van der Waals surface area (Å²) in [6.45, 7) is 6.45. The van der Waals surface area contributed by atoms with Crippen LogP contribution < -0.4 is 10.6 Å². The van der Waals surface area contributed by atoms with Crippen LogP contribution in [0.1, 0.15) is 0 Å². The third-order valence-corrected chi connectivity index (χ3v) is 5.13. The van der Waals surface area contributed by atoms with Crippen LogP contribution in [0.5, 0.6) is 0 Å². The minimum absolute atomic E-state index is 0.161. The molecule has 2 aliphatic heterocycles. The Hall–Kier alpha value is -3.30. The van der Waals surface area contributed by atoms with Gasteiger partial charge in [-0.15, -0.1) is 6.58 Å². The maximum absolute atomic E-state index is 14.7. The van der Waals surface area contributed by atoms with Gasteiger partial charge in [0.2, 0.25) is 6.41 Å². The van der Waals surface area contributed by atoms with E-state index in [2.05, 4.69) is 17.2 Å². The molecule has 0 aromatic heterocycles. The second-order valence-electron chi connectivity index (χ2n) is 7.08. The summed E-state index contributed by atoms with van der Waals surface area (Å²) in [5.41, 5.74) is 0.423. The van der Waals surface area contributed by atoms with Gasteiger partial charge in [0, 0.05) is 32.7 Å². The van der Waals surface area contributed by atoms with E-state index in [1.807, 2.05) is 4.90 Å². The average Bonchev–Trinajstić information content (AvgIpc) is 3.01. The Morgan fingerprint density at radius 1 is 1.27 bits per heavy atom. The first kappa shape index (κ1) is 21.4. The van der Waals surface area contributed by atoms with E-state index >= 15 is 0 Å². The van der Waals surface area contributed by atoms with Gasteiger partial charge in [0.1, 0.15) is 11.9 Å². The summed E-state index contributed by atoms with van der Waals surface area (Å²) in [5.74, 6) is -0.398. The predicted octanol–water partition coefficient (Wildman–Crippen LogP) is 0.742. The van der Waals surface area contributed by atoms with Crippen molar-refractivity contribution < 1.29 is 23.5 Å². The third-order valence-electron chi connectivity index (χ3n) is 5.13. The van der Waals surface area contributed by atoms with E-state index in [0.717, 1.165) is 0 Å². The summed E-state index contributed by atoms with van der Waals surface area (Å²) in [6, 6.07) is -0.612. The number of rotatable bonds is 7. The predicted molar refractivity (Wildman–Crippen MR) is 108 cm³/mol. The molecule has 4 amide bonds. The molecule has 3 aliphatic rings. The van der Waals surface area contributed by atoms with E-state index in [0.29, 0.717) is 51.4 Å². The topological polar surface area (TPSA) is 94.2 Å². The quantitative estimate of drug-likeness (QED) is 0.469. The van der Waals surface area contributed by atoms with Crippen molar-refractivity contribution in [2.45, 2.75) is 12.1 Å². The standard InChI is InChI=1S/C20H26FN5O4/c1-2-7-23-19(28)25-10-8-24(9-11-25)18-6-4-15(3-5-17(18)21)26-13-16(12-22-14-27)30-20(26)29/h2-6,14-16H,1,7-13H2,(H,22,27)(H,23,28). The van der Waals surface area contributed by atoms with Crippen LogP contribution in [0, 0.1) is 0 Å². The molecule has 2 N–H and O–H groups in total. The summed E-state index contributed by atoms with van der Waals surface area (Å²) in [4.78, 5) is 39.7. The zero-order valence-electron chi connectivity index (χ0n) is 16.6. The molecule has 0 radical (unpaired) electrons. The van der Waals surface area contributed by atoms with Crippen LogP contribution in [0.15, 0.2) is 48.5 Å². The Bertz CT molecular complexity index is 773. The normalized spacial score (nSPS) is 23.9. The number of nitrogens with one attached hydrogen (secondary N) is 2. The fourth-order valence-corrected chi connectivity index (χ4v) is 3.56. The van der Waals surface area contributed by atoms with Crippen molar-refractivity contribution >= 4 is 18.5 Å². The Balaban J connectivity index is 1.59. The molecule has 162 valence electrons. The summed E-state index contributed by atoms with van der Waals surface area (Å²) < 4.78 is 20.0. The highest BCUT2D eigenvalue weighted by Gasteiger charge is 2.35. The maximum Gasteiger partial charge on any atom is 0.411 e. The summed E-state index contributed by atoms with van der Waals surface area (Å²) in [7, 11) is 0. The van der Waals surface area contributed by atoms with Gasteiger partial charge in [-0.3, -0.25) is 9.69 Å². The monoisotopic (exact) mass is 419 g/mol. The Morgan fingerprint density at radius 3 is 2.70 bits per heavy atom. The Kier molecular flexibility index (Phi) is 7.10. The lowest BCUT2D eigenvalue weighted by Crippen LogP contribution is -2.51. The lowest BCUT2D eigenvalue weighted by molar-refractivity contribution is -0.109. The average molecular weight is 419 g/mol. The van der Waals surface area contributed by atoms with Gasteiger partial charge in [0.15, 0.2) is 0 Å². The zero-order chi connectivity index (χ0) is 21.5. The first-order chi connectivity index (χ1) is 14.5.